The van der Waals surface area contributed by atoms with Crippen molar-refractivity contribution in [2.45, 2.75) is 64.1 Å². The fourth-order valence-electron chi connectivity index (χ4n) is 5.03. The Kier molecular flexibility index (Phi) is 10.9. The third-order valence-electron chi connectivity index (χ3n) is 6.76. The summed E-state index contributed by atoms with van der Waals surface area (Å²) in [5, 5.41) is 14.8. The number of nitrogens with two attached hydrogens (primary N) is 1. The number of hydrogen-bond acceptors (Lipinski definition) is 5. The van der Waals surface area contributed by atoms with Crippen LogP contribution >= 0.6 is 0 Å². The van der Waals surface area contributed by atoms with Gasteiger partial charge >= 0.3 is 0 Å². The molecule has 7 nitrogen and oxygen atoms in total. The number of primary amides is 1. The molecule has 2 aromatic carbocycles. The summed E-state index contributed by atoms with van der Waals surface area (Å²) < 4.78 is 5.69. The van der Waals surface area contributed by atoms with Crippen LogP contribution in [-0.4, -0.2) is 66.8 Å². The summed E-state index contributed by atoms with van der Waals surface area (Å²) in [6.07, 6.45) is 3.50. The molecule has 0 radical (unpaired) electrons. The first-order valence-electron chi connectivity index (χ1n) is 13.2. The Balaban J connectivity index is 1.99. The van der Waals surface area contributed by atoms with Gasteiger partial charge in [-0.3, -0.25) is 9.59 Å². The van der Waals surface area contributed by atoms with Crippen LogP contribution in [0.4, 0.5) is 0 Å². The largest absolute Gasteiger partial charge is 0.391 e. The molecular weight excluding hydrogens is 454 g/mol. The van der Waals surface area contributed by atoms with Crippen LogP contribution in [0.15, 0.2) is 48.5 Å². The summed E-state index contributed by atoms with van der Waals surface area (Å²) >= 11 is 0. The molecule has 0 spiro atoms. The van der Waals surface area contributed by atoms with Crippen LogP contribution < -0.4 is 11.1 Å². The van der Waals surface area contributed by atoms with Crippen LogP contribution in [0.1, 0.15) is 77.3 Å². The molecule has 4 N–H and O–H groups in total. The molecule has 1 unspecified atom stereocenters. The summed E-state index contributed by atoms with van der Waals surface area (Å²) in [7, 11) is 0. The van der Waals surface area contributed by atoms with Crippen LogP contribution in [0.2, 0.25) is 0 Å². The van der Waals surface area contributed by atoms with Crippen molar-refractivity contribution in [2.75, 3.05) is 32.8 Å². The van der Waals surface area contributed by atoms with Gasteiger partial charge in [0.05, 0.1) is 12.2 Å². The van der Waals surface area contributed by atoms with Crippen molar-refractivity contribution in [1.29, 1.82) is 0 Å². The highest BCUT2D eigenvalue weighted by Gasteiger charge is 2.31. The lowest BCUT2D eigenvalue weighted by Gasteiger charge is -2.30. The second-order valence-corrected chi connectivity index (χ2v) is 9.58. The van der Waals surface area contributed by atoms with E-state index in [1.54, 1.807) is 18.2 Å². The highest BCUT2D eigenvalue weighted by Crippen LogP contribution is 2.32. The van der Waals surface area contributed by atoms with Gasteiger partial charge in [0.15, 0.2) is 0 Å². The molecule has 1 heterocycles. The molecule has 36 heavy (non-hydrogen) atoms. The molecule has 196 valence electrons. The third-order valence-corrected chi connectivity index (χ3v) is 6.76. The predicted molar refractivity (Wildman–Crippen MR) is 142 cm³/mol. The maximum atomic E-state index is 13.7. The van der Waals surface area contributed by atoms with Gasteiger partial charge in [0.1, 0.15) is 0 Å². The lowest BCUT2D eigenvalue weighted by Crippen LogP contribution is -2.39. The SMILES string of the molecule is CCCN(CCC)C(=O)c1cccc(C(N)=O)c1[C@H](Cc1ccccc1)[C@@H](O)CNCC1CCCO1. The van der Waals surface area contributed by atoms with Crippen LogP contribution in [0.3, 0.4) is 0 Å². The number of aliphatic hydroxyl groups is 1. The first-order chi connectivity index (χ1) is 17.5. The Morgan fingerprint density at radius 3 is 2.39 bits per heavy atom. The van der Waals surface area contributed by atoms with E-state index in [1.807, 2.05) is 49.1 Å². The average Bonchev–Trinajstić information content (AvgIpc) is 3.40. The van der Waals surface area contributed by atoms with Crippen molar-refractivity contribution in [2.24, 2.45) is 5.73 Å². The zero-order valence-electron chi connectivity index (χ0n) is 21.6. The van der Waals surface area contributed by atoms with E-state index in [2.05, 4.69) is 5.32 Å². The summed E-state index contributed by atoms with van der Waals surface area (Å²) in [5.41, 5.74) is 8.08. The molecule has 1 fully saturated rings. The maximum absolute atomic E-state index is 13.7. The monoisotopic (exact) mass is 495 g/mol. The average molecular weight is 496 g/mol. The second kappa shape index (κ2) is 14.1. The Bertz CT molecular complexity index is 970. The smallest absolute Gasteiger partial charge is 0.254 e. The Hall–Kier alpha value is -2.74. The van der Waals surface area contributed by atoms with Gasteiger partial charge in [-0.2, -0.15) is 0 Å². The van der Waals surface area contributed by atoms with Crippen molar-refractivity contribution >= 4 is 11.8 Å². The van der Waals surface area contributed by atoms with Gasteiger partial charge in [0, 0.05) is 49.8 Å². The van der Waals surface area contributed by atoms with E-state index >= 15 is 0 Å². The first-order valence-corrected chi connectivity index (χ1v) is 13.2. The van der Waals surface area contributed by atoms with Crippen molar-refractivity contribution < 1.29 is 19.4 Å². The summed E-state index contributed by atoms with van der Waals surface area (Å²) in [6.45, 7) is 7.07. The number of benzene rings is 2. The van der Waals surface area contributed by atoms with Crippen molar-refractivity contribution in [3.05, 3.63) is 70.8 Å². The van der Waals surface area contributed by atoms with E-state index in [-0.39, 0.29) is 17.6 Å². The highest BCUT2D eigenvalue weighted by atomic mass is 16.5. The number of ether oxygens (including phenoxy) is 1. The number of amides is 2. The molecule has 2 amide bonds. The zero-order valence-corrected chi connectivity index (χ0v) is 21.6. The highest BCUT2D eigenvalue weighted by molar-refractivity contribution is 6.02. The summed E-state index contributed by atoms with van der Waals surface area (Å²) in [5.74, 6) is -1.23. The Morgan fingerprint density at radius 1 is 1.08 bits per heavy atom. The first kappa shape index (κ1) is 27.8. The zero-order chi connectivity index (χ0) is 25.9. The molecule has 7 heteroatoms. The standard InChI is InChI=1S/C29H41N3O4/c1-3-15-32(16-4-2)29(35)24-14-8-13-23(28(30)34)27(24)25(18-21-10-6-5-7-11-21)26(33)20-31-19-22-12-9-17-36-22/h5-8,10-11,13-14,22,25-26,31,33H,3-4,9,12,15-20H2,1-2H3,(H2,30,34)/t22?,25-,26+/m1/s1. The number of nitrogens with one attached hydrogen (secondary N) is 1. The van der Waals surface area contributed by atoms with Gasteiger partial charge in [-0.05, 0) is 55.4 Å². The van der Waals surface area contributed by atoms with Crippen molar-refractivity contribution in [1.82, 2.24) is 10.2 Å². The number of aliphatic hydroxyl groups excluding tert-OH is 1. The van der Waals surface area contributed by atoms with Gasteiger partial charge in [0.25, 0.3) is 5.91 Å². The molecular formula is C29H41N3O4. The van der Waals surface area contributed by atoms with Crippen LogP contribution in [0, 0.1) is 0 Å². The summed E-state index contributed by atoms with van der Waals surface area (Å²) in [6, 6.07) is 14.9. The van der Waals surface area contributed by atoms with Gasteiger partial charge in [-0.15, -0.1) is 0 Å². The number of nitrogens with zero attached hydrogens (tertiary/aromatic N) is 1. The quantitative estimate of drug-likeness (QED) is 0.372. The third kappa shape index (κ3) is 7.38. The lowest BCUT2D eigenvalue weighted by molar-refractivity contribution is 0.0750. The van der Waals surface area contributed by atoms with E-state index in [0.717, 1.165) is 37.9 Å². The Morgan fingerprint density at radius 2 is 1.78 bits per heavy atom. The topological polar surface area (TPSA) is 105 Å². The van der Waals surface area contributed by atoms with Crippen molar-refractivity contribution in [3.63, 3.8) is 0 Å². The number of hydrogen-bond donors (Lipinski definition) is 3. The minimum absolute atomic E-state index is 0.130. The molecule has 0 saturated carbocycles. The van der Waals surface area contributed by atoms with Gasteiger partial charge < -0.3 is 25.8 Å². The molecule has 3 atom stereocenters. The van der Waals surface area contributed by atoms with Crippen LogP contribution in [0.5, 0.6) is 0 Å². The maximum Gasteiger partial charge on any atom is 0.254 e. The second-order valence-electron chi connectivity index (χ2n) is 9.58. The van der Waals surface area contributed by atoms with Crippen molar-refractivity contribution in [3.8, 4) is 0 Å². The molecule has 1 saturated heterocycles. The number of carbonyl (C=O) groups is 2. The minimum atomic E-state index is -0.843. The molecule has 0 aliphatic carbocycles. The normalized spacial score (nSPS) is 17.0. The Labute approximate surface area is 215 Å². The van der Waals surface area contributed by atoms with E-state index in [9.17, 15) is 14.7 Å². The molecule has 1 aliphatic heterocycles. The van der Waals surface area contributed by atoms with Crippen LogP contribution in [-0.2, 0) is 11.2 Å². The molecule has 3 rings (SSSR count). The van der Waals surface area contributed by atoms with E-state index in [4.69, 9.17) is 10.5 Å². The van der Waals surface area contributed by atoms with E-state index < -0.39 is 17.9 Å². The number of rotatable bonds is 14. The lowest BCUT2D eigenvalue weighted by atomic mass is 9.81. The predicted octanol–water partition coefficient (Wildman–Crippen LogP) is 3.50. The minimum Gasteiger partial charge on any atom is -0.391 e. The molecule has 0 bridgehead atoms. The van der Waals surface area contributed by atoms with E-state index in [0.29, 0.717) is 43.7 Å². The molecule has 0 aromatic heterocycles. The van der Waals surface area contributed by atoms with Crippen LogP contribution in [0.25, 0.3) is 0 Å². The fraction of sp³-hybridized carbons (Fsp3) is 0.517. The fourth-order valence-corrected chi connectivity index (χ4v) is 5.03. The van der Waals surface area contributed by atoms with Gasteiger partial charge in [0.2, 0.25) is 5.91 Å². The van der Waals surface area contributed by atoms with Gasteiger partial charge in [-0.1, -0.05) is 50.2 Å². The number of carbonyl (C=O) groups excluding carboxylic acids is 2. The summed E-state index contributed by atoms with van der Waals surface area (Å²) in [4.78, 5) is 28.1. The van der Waals surface area contributed by atoms with E-state index in [1.165, 1.54) is 0 Å². The molecule has 2 aromatic rings. The van der Waals surface area contributed by atoms with Gasteiger partial charge in [-0.25, -0.2) is 0 Å². The molecule has 1 aliphatic rings.